The van der Waals surface area contributed by atoms with E-state index in [4.69, 9.17) is 10.5 Å². The zero-order valence-electron chi connectivity index (χ0n) is 11.4. The van der Waals surface area contributed by atoms with Crippen LogP contribution in [-0.2, 0) is 16.0 Å². The summed E-state index contributed by atoms with van der Waals surface area (Å²) in [5.41, 5.74) is 7.14. The fourth-order valence-corrected chi connectivity index (χ4v) is 2.38. The number of benzene rings is 1. The molecule has 2 atom stereocenters. The molecule has 1 fully saturated rings. The fourth-order valence-electron chi connectivity index (χ4n) is 2.38. The van der Waals surface area contributed by atoms with Crippen molar-refractivity contribution < 1.29 is 9.53 Å². The summed E-state index contributed by atoms with van der Waals surface area (Å²) in [5.74, 6) is 0.0289. The Morgan fingerprint density at radius 3 is 2.95 bits per heavy atom. The molecule has 0 spiro atoms. The van der Waals surface area contributed by atoms with Gasteiger partial charge in [-0.25, -0.2) is 0 Å². The summed E-state index contributed by atoms with van der Waals surface area (Å²) in [7, 11) is 0. The van der Waals surface area contributed by atoms with Crippen molar-refractivity contribution in [3.05, 3.63) is 35.9 Å². The number of carbonyl (C=O) groups excluding carboxylic acids is 1. The lowest BCUT2D eigenvalue weighted by molar-refractivity contribution is -0.133. The van der Waals surface area contributed by atoms with Gasteiger partial charge in [0.05, 0.1) is 12.1 Å². The molecule has 4 heteroatoms. The van der Waals surface area contributed by atoms with E-state index < -0.39 is 6.04 Å². The second-order valence-corrected chi connectivity index (χ2v) is 5.12. The van der Waals surface area contributed by atoms with E-state index in [9.17, 15) is 4.79 Å². The van der Waals surface area contributed by atoms with E-state index in [0.717, 1.165) is 25.1 Å². The van der Waals surface area contributed by atoms with Gasteiger partial charge >= 0.3 is 0 Å². The molecule has 1 saturated heterocycles. The van der Waals surface area contributed by atoms with E-state index in [1.54, 1.807) is 0 Å². The van der Waals surface area contributed by atoms with Crippen LogP contribution in [0.2, 0.25) is 0 Å². The Morgan fingerprint density at radius 1 is 1.47 bits per heavy atom. The first-order valence-electron chi connectivity index (χ1n) is 6.86. The van der Waals surface area contributed by atoms with Gasteiger partial charge in [0.15, 0.2) is 0 Å². The van der Waals surface area contributed by atoms with E-state index >= 15 is 0 Å². The highest BCUT2D eigenvalue weighted by Crippen LogP contribution is 2.09. The quantitative estimate of drug-likeness (QED) is 0.890. The van der Waals surface area contributed by atoms with Gasteiger partial charge < -0.3 is 15.4 Å². The number of hydrogen-bond donors (Lipinski definition) is 1. The van der Waals surface area contributed by atoms with Gasteiger partial charge in [-0.1, -0.05) is 30.3 Å². The first-order valence-corrected chi connectivity index (χ1v) is 6.86. The third-order valence-electron chi connectivity index (χ3n) is 3.38. The molecule has 2 N–H and O–H groups in total. The molecule has 1 amide bonds. The lowest BCUT2D eigenvalue weighted by atomic mass is 10.1. The highest BCUT2D eigenvalue weighted by Gasteiger charge is 2.24. The molecule has 0 unspecified atom stereocenters. The summed E-state index contributed by atoms with van der Waals surface area (Å²) in [6, 6.07) is 9.43. The average molecular weight is 262 g/mol. The summed E-state index contributed by atoms with van der Waals surface area (Å²) < 4.78 is 5.55. The highest BCUT2D eigenvalue weighted by atomic mass is 16.5. The van der Waals surface area contributed by atoms with Gasteiger partial charge in [0.1, 0.15) is 0 Å². The SMILES string of the molecule is C[C@H]1CN(C(=O)[C@H](N)Cc2ccccc2)CCCO1. The monoisotopic (exact) mass is 262 g/mol. The Bertz CT molecular complexity index is 408. The van der Waals surface area contributed by atoms with Crippen LogP contribution < -0.4 is 5.73 Å². The molecule has 0 aliphatic carbocycles. The Hall–Kier alpha value is -1.39. The molecule has 0 aromatic heterocycles. The molecular weight excluding hydrogens is 240 g/mol. The van der Waals surface area contributed by atoms with Crippen molar-refractivity contribution in [3.8, 4) is 0 Å². The fraction of sp³-hybridized carbons (Fsp3) is 0.533. The first kappa shape index (κ1) is 14.0. The van der Waals surface area contributed by atoms with Crippen molar-refractivity contribution in [3.63, 3.8) is 0 Å². The number of carbonyl (C=O) groups is 1. The molecule has 4 nitrogen and oxygen atoms in total. The lowest BCUT2D eigenvalue weighted by Crippen LogP contribution is -2.46. The van der Waals surface area contributed by atoms with Crippen molar-refractivity contribution in [2.75, 3.05) is 19.7 Å². The molecule has 2 rings (SSSR count). The largest absolute Gasteiger partial charge is 0.377 e. The van der Waals surface area contributed by atoms with Gasteiger partial charge in [-0.15, -0.1) is 0 Å². The van der Waals surface area contributed by atoms with E-state index in [1.807, 2.05) is 42.2 Å². The third-order valence-corrected chi connectivity index (χ3v) is 3.38. The van der Waals surface area contributed by atoms with Crippen LogP contribution in [0.5, 0.6) is 0 Å². The predicted molar refractivity (Wildman–Crippen MR) is 74.7 cm³/mol. The molecule has 0 bridgehead atoms. The Morgan fingerprint density at radius 2 is 2.21 bits per heavy atom. The van der Waals surface area contributed by atoms with Crippen molar-refractivity contribution in [1.82, 2.24) is 4.90 Å². The third kappa shape index (κ3) is 4.04. The Kier molecular flexibility index (Phi) is 4.93. The standard InChI is InChI=1S/C15H22N2O2/c1-12-11-17(8-5-9-19-12)15(18)14(16)10-13-6-3-2-4-7-13/h2-4,6-7,12,14H,5,8-11,16H2,1H3/t12-,14+/m0/s1. The molecule has 104 valence electrons. The van der Waals surface area contributed by atoms with E-state index in [2.05, 4.69) is 0 Å². The van der Waals surface area contributed by atoms with Crippen LogP contribution in [-0.4, -0.2) is 42.6 Å². The van der Waals surface area contributed by atoms with Crippen LogP contribution in [0.4, 0.5) is 0 Å². The minimum atomic E-state index is -0.465. The van der Waals surface area contributed by atoms with E-state index in [1.165, 1.54) is 0 Å². The second kappa shape index (κ2) is 6.68. The number of nitrogens with two attached hydrogens (primary N) is 1. The number of amides is 1. The second-order valence-electron chi connectivity index (χ2n) is 5.12. The van der Waals surface area contributed by atoms with Gasteiger partial charge in [-0.2, -0.15) is 0 Å². The zero-order valence-corrected chi connectivity index (χ0v) is 11.4. The zero-order chi connectivity index (χ0) is 13.7. The normalized spacial score (nSPS) is 21.8. The smallest absolute Gasteiger partial charge is 0.239 e. The maximum Gasteiger partial charge on any atom is 0.239 e. The maximum absolute atomic E-state index is 12.3. The van der Waals surface area contributed by atoms with Gasteiger partial charge in [-0.3, -0.25) is 4.79 Å². The average Bonchev–Trinajstić information content (AvgIpc) is 2.63. The lowest BCUT2D eigenvalue weighted by Gasteiger charge is -2.25. The summed E-state index contributed by atoms with van der Waals surface area (Å²) >= 11 is 0. The highest BCUT2D eigenvalue weighted by molar-refractivity contribution is 5.82. The topological polar surface area (TPSA) is 55.6 Å². The molecule has 1 aliphatic rings. The van der Waals surface area contributed by atoms with Crippen LogP contribution in [0, 0.1) is 0 Å². The summed E-state index contributed by atoms with van der Waals surface area (Å²) in [5, 5.41) is 0. The predicted octanol–water partition coefficient (Wildman–Crippen LogP) is 1.19. The maximum atomic E-state index is 12.3. The molecular formula is C15H22N2O2. The molecule has 1 heterocycles. The summed E-state index contributed by atoms with van der Waals surface area (Å²) in [6.45, 7) is 4.10. The van der Waals surface area contributed by atoms with Crippen molar-refractivity contribution in [2.45, 2.75) is 31.9 Å². The van der Waals surface area contributed by atoms with Crippen LogP contribution in [0.1, 0.15) is 18.9 Å². The minimum absolute atomic E-state index is 0.0289. The molecule has 0 radical (unpaired) electrons. The number of rotatable bonds is 3. The first-order chi connectivity index (χ1) is 9.16. The molecule has 1 aromatic carbocycles. The summed E-state index contributed by atoms with van der Waals surface area (Å²) in [6.07, 6.45) is 1.56. The van der Waals surface area contributed by atoms with Crippen LogP contribution in [0.3, 0.4) is 0 Å². The van der Waals surface area contributed by atoms with Crippen molar-refractivity contribution in [1.29, 1.82) is 0 Å². The number of nitrogens with zero attached hydrogens (tertiary/aromatic N) is 1. The molecule has 1 aromatic rings. The van der Waals surface area contributed by atoms with Gasteiger partial charge in [0, 0.05) is 19.7 Å². The van der Waals surface area contributed by atoms with Crippen molar-refractivity contribution >= 4 is 5.91 Å². The van der Waals surface area contributed by atoms with Crippen LogP contribution >= 0.6 is 0 Å². The molecule has 0 saturated carbocycles. The number of ether oxygens (including phenoxy) is 1. The molecule has 19 heavy (non-hydrogen) atoms. The van der Waals surface area contributed by atoms with Crippen LogP contribution in [0.15, 0.2) is 30.3 Å². The van der Waals surface area contributed by atoms with E-state index in [-0.39, 0.29) is 12.0 Å². The summed E-state index contributed by atoms with van der Waals surface area (Å²) in [4.78, 5) is 14.2. The van der Waals surface area contributed by atoms with Gasteiger partial charge in [-0.05, 0) is 25.3 Å². The van der Waals surface area contributed by atoms with Gasteiger partial charge in [0.2, 0.25) is 5.91 Å². The van der Waals surface area contributed by atoms with E-state index in [0.29, 0.717) is 13.0 Å². The number of hydrogen-bond acceptors (Lipinski definition) is 3. The van der Waals surface area contributed by atoms with Gasteiger partial charge in [0.25, 0.3) is 0 Å². The Labute approximate surface area is 114 Å². The molecule has 1 aliphatic heterocycles. The minimum Gasteiger partial charge on any atom is -0.377 e. The van der Waals surface area contributed by atoms with Crippen LogP contribution in [0.25, 0.3) is 0 Å². The Balaban J connectivity index is 1.94. The van der Waals surface area contributed by atoms with Crippen molar-refractivity contribution in [2.24, 2.45) is 5.73 Å².